The van der Waals surface area contributed by atoms with Crippen LogP contribution in [0.15, 0.2) is 48.5 Å². The molecule has 1 aliphatic heterocycles. The van der Waals surface area contributed by atoms with Crippen molar-refractivity contribution in [3.63, 3.8) is 0 Å². The van der Waals surface area contributed by atoms with E-state index in [2.05, 4.69) is 60.3 Å². The molecule has 1 saturated heterocycles. The van der Waals surface area contributed by atoms with Gasteiger partial charge in [0.05, 0.1) is 26.3 Å². The highest BCUT2D eigenvalue weighted by Crippen LogP contribution is 2.35. The number of nitrogens with zero attached hydrogens (tertiary/aromatic N) is 6. The van der Waals surface area contributed by atoms with Crippen LogP contribution in [-0.2, 0) is 0 Å². The van der Waals surface area contributed by atoms with Gasteiger partial charge in [0.2, 0.25) is 0 Å². The standard InChI is InChI=1S/C25H32N6O2/c1-32-22-12-10-19(11-13-22)24(25-26-27-28-31(25)20-6-3-4-7-20)30-16-14-29(15-17-30)21-8-5-9-23(18-21)33-2/h5,8-13,18,20,24H,3-4,6-7,14-17H2,1-2H3. The third-order valence-electron chi connectivity index (χ3n) is 6.96. The van der Waals surface area contributed by atoms with Crippen LogP contribution in [0.25, 0.3) is 0 Å². The van der Waals surface area contributed by atoms with Gasteiger partial charge in [-0.15, -0.1) is 5.10 Å². The molecule has 1 unspecified atom stereocenters. The number of ether oxygens (including phenoxy) is 2. The van der Waals surface area contributed by atoms with E-state index in [0.29, 0.717) is 6.04 Å². The molecule has 2 heterocycles. The van der Waals surface area contributed by atoms with E-state index in [-0.39, 0.29) is 6.04 Å². The Labute approximate surface area is 195 Å². The highest BCUT2D eigenvalue weighted by atomic mass is 16.5. The van der Waals surface area contributed by atoms with Crippen LogP contribution in [0.4, 0.5) is 5.69 Å². The molecule has 1 atom stereocenters. The van der Waals surface area contributed by atoms with E-state index < -0.39 is 0 Å². The summed E-state index contributed by atoms with van der Waals surface area (Å²) < 4.78 is 12.9. The average molecular weight is 449 g/mol. The zero-order valence-corrected chi connectivity index (χ0v) is 19.4. The number of anilines is 1. The van der Waals surface area contributed by atoms with E-state index in [0.717, 1.165) is 56.3 Å². The van der Waals surface area contributed by atoms with Gasteiger partial charge in [0.1, 0.15) is 11.5 Å². The summed E-state index contributed by atoms with van der Waals surface area (Å²) >= 11 is 0. The summed E-state index contributed by atoms with van der Waals surface area (Å²) in [6.07, 6.45) is 4.79. The molecule has 0 spiro atoms. The van der Waals surface area contributed by atoms with E-state index in [1.54, 1.807) is 14.2 Å². The van der Waals surface area contributed by atoms with Crippen LogP contribution in [0, 0.1) is 0 Å². The predicted octanol–water partition coefficient (Wildman–Crippen LogP) is 3.72. The topological polar surface area (TPSA) is 68.5 Å². The van der Waals surface area contributed by atoms with Gasteiger partial charge in [0.25, 0.3) is 0 Å². The number of hydrogen-bond acceptors (Lipinski definition) is 7. The number of benzene rings is 2. The highest BCUT2D eigenvalue weighted by molar-refractivity contribution is 5.51. The zero-order valence-electron chi connectivity index (χ0n) is 19.4. The summed E-state index contributed by atoms with van der Waals surface area (Å²) in [5.74, 6) is 2.69. The Bertz CT molecular complexity index is 1040. The maximum absolute atomic E-state index is 5.42. The van der Waals surface area contributed by atoms with Crippen molar-refractivity contribution in [1.29, 1.82) is 0 Å². The SMILES string of the molecule is COc1ccc(C(c2nnnn2C2CCCC2)N2CCN(c3cccc(OC)c3)CC2)cc1. The maximum Gasteiger partial charge on any atom is 0.173 e. The third-order valence-corrected chi connectivity index (χ3v) is 6.96. The molecule has 2 aliphatic rings. The van der Waals surface area contributed by atoms with E-state index in [9.17, 15) is 0 Å². The van der Waals surface area contributed by atoms with Gasteiger partial charge in [-0.1, -0.05) is 31.0 Å². The second-order valence-corrected chi connectivity index (χ2v) is 8.82. The van der Waals surface area contributed by atoms with Crippen molar-refractivity contribution in [2.75, 3.05) is 45.3 Å². The van der Waals surface area contributed by atoms with Gasteiger partial charge >= 0.3 is 0 Å². The lowest BCUT2D eigenvalue weighted by Gasteiger charge is -2.40. The van der Waals surface area contributed by atoms with E-state index in [4.69, 9.17) is 9.47 Å². The Morgan fingerprint density at radius 1 is 0.879 bits per heavy atom. The van der Waals surface area contributed by atoms with Crippen molar-refractivity contribution < 1.29 is 9.47 Å². The monoisotopic (exact) mass is 448 g/mol. The van der Waals surface area contributed by atoms with Crippen LogP contribution in [0.5, 0.6) is 11.5 Å². The van der Waals surface area contributed by atoms with Gasteiger partial charge in [0, 0.05) is 37.9 Å². The summed E-state index contributed by atoms with van der Waals surface area (Å²) in [4.78, 5) is 4.93. The Balaban J connectivity index is 1.41. The lowest BCUT2D eigenvalue weighted by molar-refractivity contribution is 0.197. The normalized spacial score (nSPS) is 18.4. The van der Waals surface area contributed by atoms with Crippen LogP contribution in [0.2, 0.25) is 0 Å². The molecule has 0 amide bonds. The van der Waals surface area contributed by atoms with Gasteiger partial charge in [-0.2, -0.15) is 0 Å². The molecule has 5 rings (SSSR count). The first-order valence-electron chi connectivity index (χ1n) is 11.8. The van der Waals surface area contributed by atoms with Crippen molar-refractivity contribution in [1.82, 2.24) is 25.1 Å². The van der Waals surface area contributed by atoms with Gasteiger partial charge < -0.3 is 14.4 Å². The first kappa shape index (κ1) is 21.7. The molecule has 0 bridgehead atoms. The average Bonchev–Trinajstić information content (AvgIpc) is 3.57. The molecule has 1 saturated carbocycles. The van der Waals surface area contributed by atoms with Crippen molar-refractivity contribution in [3.05, 3.63) is 59.9 Å². The van der Waals surface area contributed by atoms with Crippen LogP contribution in [-0.4, -0.2) is 65.5 Å². The molecule has 0 N–H and O–H groups in total. The predicted molar refractivity (Wildman–Crippen MR) is 127 cm³/mol. The highest BCUT2D eigenvalue weighted by Gasteiger charge is 2.33. The minimum absolute atomic E-state index is 0.0129. The maximum atomic E-state index is 5.42. The lowest BCUT2D eigenvalue weighted by Crippen LogP contribution is -2.48. The lowest BCUT2D eigenvalue weighted by atomic mass is 10.0. The van der Waals surface area contributed by atoms with Gasteiger partial charge in [-0.3, -0.25) is 4.90 Å². The van der Waals surface area contributed by atoms with Gasteiger partial charge in [-0.25, -0.2) is 4.68 Å². The van der Waals surface area contributed by atoms with Gasteiger partial charge in [0.15, 0.2) is 5.82 Å². The largest absolute Gasteiger partial charge is 0.497 e. The molecular formula is C25H32N6O2. The van der Waals surface area contributed by atoms with Crippen molar-refractivity contribution in [3.8, 4) is 11.5 Å². The summed E-state index contributed by atoms with van der Waals surface area (Å²) in [7, 11) is 3.41. The number of piperazine rings is 1. The van der Waals surface area contributed by atoms with Crippen LogP contribution < -0.4 is 14.4 Å². The van der Waals surface area contributed by atoms with Crippen molar-refractivity contribution >= 4 is 5.69 Å². The molecule has 2 aromatic carbocycles. The number of aromatic nitrogens is 4. The minimum Gasteiger partial charge on any atom is -0.497 e. The first-order valence-corrected chi connectivity index (χ1v) is 11.8. The summed E-state index contributed by atoms with van der Waals surface area (Å²) in [5.41, 5.74) is 2.39. The second kappa shape index (κ2) is 9.79. The number of methoxy groups -OCH3 is 2. The molecule has 33 heavy (non-hydrogen) atoms. The van der Waals surface area contributed by atoms with Crippen LogP contribution in [0.3, 0.4) is 0 Å². The van der Waals surface area contributed by atoms with Gasteiger partial charge in [-0.05, 0) is 53.1 Å². The molecular weight excluding hydrogens is 416 g/mol. The van der Waals surface area contributed by atoms with Crippen molar-refractivity contribution in [2.45, 2.75) is 37.8 Å². The fourth-order valence-electron chi connectivity index (χ4n) is 5.14. The summed E-state index contributed by atoms with van der Waals surface area (Å²) in [6, 6.07) is 17.1. The summed E-state index contributed by atoms with van der Waals surface area (Å²) in [6.45, 7) is 3.71. The Kier molecular flexibility index (Phi) is 6.44. The molecule has 1 aromatic heterocycles. The molecule has 174 valence electrons. The van der Waals surface area contributed by atoms with Crippen LogP contribution in [0.1, 0.15) is 49.2 Å². The fourth-order valence-corrected chi connectivity index (χ4v) is 5.14. The smallest absolute Gasteiger partial charge is 0.173 e. The zero-order chi connectivity index (χ0) is 22.6. The molecule has 3 aromatic rings. The molecule has 8 nitrogen and oxygen atoms in total. The molecule has 8 heteroatoms. The number of tetrazole rings is 1. The Morgan fingerprint density at radius 2 is 1.61 bits per heavy atom. The molecule has 2 fully saturated rings. The third kappa shape index (κ3) is 4.53. The minimum atomic E-state index is 0.0129. The number of hydrogen-bond donors (Lipinski definition) is 0. The molecule has 0 radical (unpaired) electrons. The Morgan fingerprint density at radius 3 is 2.30 bits per heavy atom. The summed E-state index contributed by atoms with van der Waals surface area (Å²) in [5, 5.41) is 13.1. The van der Waals surface area contributed by atoms with E-state index in [1.165, 1.54) is 24.1 Å². The second-order valence-electron chi connectivity index (χ2n) is 8.82. The van der Waals surface area contributed by atoms with Crippen molar-refractivity contribution in [2.24, 2.45) is 0 Å². The first-order chi connectivity index (χ1) is 16.3. The fraction of sp³-hybridized carbons (Fsp3) is 0.480. The number of rotatable bonds is 7. The van der Waals surface area contributed by atoms with E-state index in [1.807, 2.05) is 18.2 Å². The molecule has 1 aliphatic carbocycles. The quantitative estimate of drug-likeness (QED) is 0.546. The Hall–Kier alpha value is -3.13. The van der Waals surface area contributed by atoms with Crippen LogP contribution >= 0.6 is 0 Å². The van der Waals surface area contributed by atoms with E-state index >= 15 is 0 Å².